The average Bonchev–Trinajstić information content (AvgIpc) is 2.93. The lowest BCUT2D eigenvalue weighted by Crippen LogP contribution is -2.34. The molecule has 1 aromatic rings. The van der Waals surface area contributed by atoms with Crippen molar-refractivity contribution < 1.29 is 0 Å². The maximum atomic E-state index is 3.54. The molecule has 0 radical (unpaired) electrons. The van der Waals surface area contributed by atoms with E-state index in [1.807, 2.05) is 11.3 Å². The first-order valence-corrected chi connectivity index (χ1v) is 7.75. The highest BCUT2D eigenvalue weighted by atomic mass is 32.1. The third kappa shape index (κ3) is 5.09. The summed E-state index contributed by atoms with van der Waals surface area (Å²) >= 11 is 1.95. The van der Waals surface area contributed by atoms with Gasteiger partial charge in [-0.05, 0) is 58.7 Å². The van der Waals surface area contributed by atoms with Gasteiger partial charge < -0.3 is 10.2 Å². The van der Waals surface area contributed by atoms with Crippen LogP contribution in [-0.4, -0.2) is 24.0 Å². The number of hydrogen-bond acceptors (Lipinski definition) is 3. The summed E-state index contributed by atoms with van der Waals surface area (Å²) in [6.45, 7) is 10.0. The molecule has 1 N–H and O–H groups in total. The Morgan fingerprint density at radius 2 is 1.94 bits per heavy atom. The highest BCUT2D eigenvalue weighted by molar-refractivity contribution is 7.11. The Morgan fingerprint density at radius 1 is 1.28 bits per heavy atom. The van der Waals surface area contributed by atoms with Crippen molar-refractivity contribution in [2.24, 2.45) is 5.92 Å². The molecule has 0 atom stereocenters. The first-order chi connectivity index (χ1) is 8.42. The Morgan fingerprint density at radius 3 is 2.56 bits per heavy atom. The minimum atomic E-state index is 0.201. The molecule has 0 saturated heterocycles. The van der Waals surface area contributed by atoms with E-state index in [1.165, 1.54) is 29.1 Å². The van der Waals surface area contributed by atoms with Crippen molar-refractivity contribution >= 4 is 11.3 Å². The van der Waals surface area contributed by atoms with E-state index in [0.717, 1.165) is 19.0 Å². The summed E-state index contributed by atoms with van der Waals surface area (Å²) in [5, 5.41) is 3.54. The monoisotopic (exact) mass is 266 g/mol. The van der Waals surface area contributed by atoms with Gasteiger partial charge in [0.2, 0.25) is 0 Å². The summed E-state index contributed by atoms with van der Waals surface area (Å²) in [6.07, 6.45) is 2.88. The smallest absolute Gasteiger partial charge is 0.0325 e. The van der Waals surface area contributed by atoms with Crippen LogP contribution in [0.1, 0.15) is 43.4 Å². The summed E-state index contributed by atoms with van der Waals surface area (Å²) in [5.74, 6) is 0.983. The standard InChI is InChI=1S/C15H26N2S/c1-15(2,3)16-9-13-7-8-14(18-13)11-17(4)10-12-5-6-12/h7-8,12,16H,5-6,9-11H2,1-4H3. The fourth-order valence-electron chi connectivity index (χ4n) is 2.03. The summed E-state index contributed by atoms with van der Waals surface area (Å²) < 4.78 is 0. The highest BCUT2D eigenvalue weighted by Crippen LogP contribution is 2.30. The van der Waals surface area contributed by atoms with Crippen molar-refractivity contribution in [2.45, 2.75) is 52.2 Å². The van der Waals surface area contributed by atoms with E-state index >= 15 is 0 Å². The zero-order valence-electron chi connectivity index (χ0n) is 12.1. The molecule has 0 amide bonds. The van der Waals surface area contributed by atoms with Crippen LogP contribution in [-0.2, 0) is 13.1 Å². The zero-order chi connectivity index (χ0) is 13.2. The van der Waals surface area contributed by atoms with E-state index < -0.39 is 0 Å². The molecule has 1 aliphatic carbocycles. The molecule has 0 spiro atoms. The summed E-state index contributed by atoms with van der Waals surface area (Å²) in [5.41, 5.74) is 0.201. The number of thiophene rings is 1. The Hall–Kier alpha value is -0.380. The number of nitrogens with zero attached hydrogens (tertiary/aromatic N) is 1. The van der Waals surface area contributed by atoms with Gasteiger partial charge in [-0.3, -0.25) is 0 Å². The van der Waals surface area contributed by atoms with Gasteiger partial charge in [0, 0.05) is 34.9 Å². The van der Waals surface area contributed by atoms with E-state index in [0.29, 0.717) is 0 Å². The number of nitrogens with one attached hydrogen (secondary N) is 1. The molecular formula is C15H26N2S. The van der Waals surface area contributed by atoms with E-state index in [4.69, 9.17) is 0 Å². The quantitative estimate of drug-likeness (QED) is 0.848. The maximum absolute atomic E-state index is 3.54. The molecule has 0 unspecified atom stereocenters. The second kappa shape index (κ2) is 5.72. The van der Waals surface area contributed by atoms with Crippen LogP contribution in [0.2, 0.25) is 0 Å². The Bertz CT molecular complexity index is 374. The largest absolute Gasteiger partial charge is 0.307 e. The second-order valence-electron chi connectivity index (χ2n) is 6.61. The summed E-state index contributed by atoms with van der Waals surface area (Å²) in [4.78, 5) is 5.40. The second-order valence-corrected chi connectivity index (χ2v) is 7.86. The van der Waals surface area contributed by atoms with Gasteiger partial charge in [-0.2, -0.15) is 0 Å². The lowest BCUT2D eigenvalue weighted by Gasteiger charge is -2.19. The molecule has 0 aromatic carbocycles. The summed E-state index contributed by atoms with van der Waals surface area (Å²) in [6, 6.07) is 4.55. The van der Waals surface area contributed by atoms with E-state index in [-0.39, 0.29) is 5.54 Å². The van der Waals surface area contributed by atoms with Gasteiger partial charge in [-0.1, -0.05) is 0 Å². The molecule has 1 heterocycles. The Balaban J connectivity index is 1.77. The van der Waals surface area contributed by atoms with Gasteiger partial charge in [0.1, 0.15) is 0 Å². The van der Waals surface area contributed by atoms with Crippen molar-refractivity contribution in [1.82, 2.24) is 10.2 Å². The van der Waals surface area contributed by atoms with Crippen LogP contribution in [0.25, 0.3) is 0 Å². The maximum Gasteiger partial charge on any atom is 0.0325 e. The van der Waals surface area contributed by atoms with Crippen LogP contribution in [0.5, 0.6) is 0 Å². The SMILES string of the molecule is CN(Cc1ccc(CNC(C)(C)C)s1)CC1CC1. The van der Waals surface area contributed by atoms with E-state index in [2.05, 4.69) is 50.2 Å². The molecule has 1 fully saturated rings. The first kappa shape index (κ1) is 14.0. The van der Waals surface area contributed by atoms with Gasteiger partial charge in [0.05, 0.1) is 0 Å². The van der Waals surface area contributed by atoms with Crippen molar-refractivity contribution in [2.75, 3.05) is 13.6 Å². The minimum Gasteiger partial charge on any atom is -0.307 e. The van der Waals surface area contributed by atoms with Crippen molar-refractivity contribution in [3.8, 4) is 0 Å². The van der Waals surface area contributed by atoms with Crippen molar-refractivity contribution in [3.63, 3.8) is 0 Å². The molecule has 0 aliphatic heterocycles. The number of rotatable bonds is 6. The number of hydrogen-bond donors (Lipinski definition) is 1. The van der Waals surface area contributed by atoms with Crippen LogP contribution in [0, 0.1) is 5.92 Å². The molecule has 18 heavy (non-hydrogen) atoms. The topological polar surface area (TPSA) is 15.3 Å². The molecule has 1 aliphatic rings. The van der Waals surface area contributed by atoms with Gasteiger partial charge in [0.15, 0.2) is 0 Å². The molecule has 3 heteroatoms. The van der Waals surface area contributed by atoms with Crippen LogP contribution in [0.4, 0.5) is 0 Å². The van der Waals surface area contributed by atoms with Gasteiger partial charge in [0.25, 0.3) is 0 Å². The predicted octanol–water partition coefficient (Wildman–Crippen LogP) is 3.48. The van der Waals surface area contributed by atoms with Gasteiger partial charge >= 0.3 is 0 Å². The van der Waals surface area contributed by atoms with Gasteiger partial charge in [-0.15, -0.1) is 11.3 Å². The molecule has 102 valence electrons. The van der Waals surface area contributed by atoms with E-state index in [9.17, 15) is 0 Å². The van der Waals surface area contributed by atoms with Crippen molar-refractivity contribution in [1.29, 1.82) is 0 Å². The van der Waals surface area contributed by atoms with Crippen LogP contribution in [0.15, 0.2) is 12.1 Å². The van der Waals surface area contributed by atoms with Crippen LogP contribution in [0.3, 0.4) is 0 Å². The lowest BCUT2D eigenvalue weighted by molar-refractivity contribution is 0.316. The Labute approximate surface area is 115 Å². The average molecular weight is 266 g/mol. The zero-order valence-corrected chi connectivity index (χ0v) is 12.9. The predicted molar refractivity (Wildman–Crippen MR) is 80.0 cm³/mol. The third-order valence-electron chi connectivity index (χ3n) is 3.20. The van der Waals surface area contributed by atoms with E-state index in [1.54, 1.807) is 0 Å². The third-order valence-corrected chi connectivity index (χ3v) is 4.27. The fraction of sp³-hybridized carbons (Fsp3) is 0.733. The normalized spacial score (nSPS) is 16.5. The molecule has 2 rings (SSSR count). The molecule has 0 bridgehead atoms. The van der Waals surface area contributed by atoms with Gasteiger partial charge in [-0.25, -0.2) is 0 Å². The molecule has 1 aromatic heterocycles. The lowest BCUT2D eigenvalue weighted by atomic mass is 10.1. The molecule has 1 saturated carbocycles. The molecular weight excluding hydrogens is 240 g/mol. The first-order valence-electron chi connectivity index (χ1n) is 6.93. The summed E-state index contributed by atoms with van der Waals surface area (Å²) in [7, 11) is 2.24. The molecule has 2 nitrogen and oxygen atoms in total. The highest BCUT2D eigenvalue weighted by Gasteiger charge is 2.22. The van der Waals surface area contributed by atoms with Crippen molar-refractivity contribution in [3.05, 3.63) is 21.9 Å². The Kier molecular flexibility index (Phi) is 4.46. The van der Waals surface area contributed by atoms with Crippen LogP contribution < -0.4 is 5.32 Å². The minimum absolute atomic E-state index is 0.201. The fourth-order valence-corrected chi connectivity index (χ4v) is 3.06. The van der Waals surface area contributed by atoms with Crippen LogP contribution >= 0.6 is 11.3 Å².